The zero-order valence-corrected chi connectivity index (χ0v) is 4.29. The molecule has 1 N–H and O–H groups in total. The second kappa shape index (κ2) is 5.93. The average molecular weight is 110 g/mol. The van der Waals surface area contributed by atoms with Crippen molar-refractivity contribution in [2.75, 3.05) is 6.61 Å². The van der Waals surface area contributed by atoms with Crippen LogP contribution in [-0.2, 0) is 4.79 Å². The monoisotopic (exact) mass is 110 g/mol. The maximum absolute atomic E-state index is 9.50. The zero-order chi connectivity index (χ0) is 6.24. The number of aliphatic hydroxyl groups is 1. The van der Waals surface area contributed by atoms with E-state index in [1.165, 1.54) is 12.2 Å². The summed E-state index contributed by atoms with van der Waals surface area (Å²) in [4.78, 5) is 9.50. The van der Waals surface area contributed by atoms with Crippen LogP contribution >= 0.6 is 0 Å². The number of hydrogen-bond acceptors (Lipinski definition) is 2. The highest BCUT2D eigenvalue weighted by molar-refractivity contribution is 5.73. The van der Waals surface area contributed by atoms with Gasteiger partial charge in [0, 0.05) is 0 Å². The predicted octanol–water partition coefficient (Wildman–Crippen LogP) is -0.263. The Hall–Kier alpha value is -1.07. The van der Waals surface area contributed by atoms with Gasteiger partial charge in [0.2, 0.25) is 0 Å². The predicted molar refractivity (Wildman–Crippen MR) is 30.1 cm³/mol. The van der Waals surface area contributed by atoms with Gasteiger partial charge in [0.15, 0.2) is 6.29 Å². The maximum atomic E-state index is 9.50. The summed E-state index contributed by atoms with van der Waals surface area (Å²) in [7, 11) is 0. The lowest BCUT2D eigenvalue weighted by Crippen LogP contribution is -1.67. The van der Waals surface area contributed by atoms with Crippen LogP contribution in [0.1, 0.15) is 0 Å². The summed E-state index contributed by atoms with van der Waals surface area (Å²) >= 11 is 0. The highest BCUT2D eigenvalue weighted by Crippen LogP contribution is 1.63. The Labute approximate surface area is 47.8 Å². The molecule has 2 heteroatoms. The van der Waals surface area contributed by atoms with E-state index >= 15 is 0 Å². The standard InChI is InChI=1S/C6H6O2/c7-5-3-1-2-4-6-8/h1,3,6-7H,5H2. The van der Waals surface area contributed by atoms with Crippen molar-refractivity contribution < 1.29 is 9.90 Å². The average Bonchev–Trinajstić information content (AvgIpc) is 1.81. The molecule has 0 aliphatic carbocycles. The molecule has 0 rings (SSSR count). The van der Waals surface area contributed by atoms with E-state index in [9.17, 15) is 4.79 Å². The lowest BCUT2D eigenvalue weighted by atomic mass is 10.5. The van der Waals surface area contributed by atoms with Crippen molar-refractivity contribution in [2.45, 2.75) is 0 Å². The second-order valence-electron chi connectivity index (χ2n) is 0.991. The van der Waals surface area contributed by atoms with E-state index in [1.54, 1.807) is 0 Å². The van der Waals surface area contributed by atoms with Gasteiger partial charge in [0.1, 0.15) is 0 Å². The van der Waals surface area contributed by atoms with E-state index in [1.807, 2.05) is 0 Å². The van der Waals surface area contributed by atoms with Gasteiger partial charge in [-0.2, -0.15) is 0 Å². The fourth-order valence-electron chi connectivity index (χ4n) is 0.194. The Bertz CT molecular complexity index is 136. The van der Waals surface area contributed by atoms with Crippen molar-refractivity contribution in [3.8, 4) is 11.8 Å². The van der Waals surface area contributed by atoms with E-state index in [2.05, 4.69) is 11.8 Å². The first-order chi connectivity index (χ1) is 3.91. The van der Waals surface area contributed by atoms with E-state index < -0.39 is 0 Å². The highest BCUT2D eigenvalue weighted by Gasteiger charge is 1.59. The molecule has 0 aromatic heterocycles. The number of carbonyl (C=O) groups excluding carboxylic acids is 1. The molecule has 0 aliphatic rings. The molecule has 0 aliphatic heterocycles. The smallest absolute Gasteiger partial charge is 0.193 e. The molecule has 42 valence electrons. The lowest BCUT2D eigenvalue weighted by molar-refractivity contribution is -0.103. The van der Waals surface area contributed by atoms with Gasteiger partial charge in [-0.1, -0.05) is 12.0 Å². The summed E-state index contributed by atoms with van der Waals surface area (Å²) in [5.74, 6) is 4.53. The fraction of sp³-hybridized carbons (Fsp3) is 0.167. The van der Waals surface area contributed by atoms with Gasteiger partial charge in [-0.15, -0.1) is 0 Å². The van der Waals surface area contributed by atoms with Crippen molar-refractivity contribution >= 4 is 6.29 Å². The first-order valence-electron chi connectivity index (χ1n) is 2.12. The molecule has 0 saturated heterocycles. The van der Waals surface area contributed by atoms with Crippen LogP contribution in [0.2, 0.25) is 0 Å². The third kappa shape index (κ3) is 4.93. The Morgan fingerprint density at radius 3 is 2.75 bits per heavy atom. The van der Waals surface area contributed by atoms with E-state index in [-0.39, 0.29) is 6.61 Å². The first kappa shape index (κ1) is 6.93. The number of aliphatic hydroxyl groups excluding tert-OH is 1. The van der Waals surface area contributed by atoms with Gasteiger partial charge in [-0.05, 0) is 12.0 Å². The zero-order valence-electron chi connectivity index (χ0n) is 4.29. The Kier molecular flexibility index (Phi) is 5.14. The molecule has 0 fully saturated rings. The summed E-state index contributed by atoms with van der Waals surface area (Å²) in [5.41, 5.74) is 0. The van der Waals surface area contributed by atoms with Crippen LogP contribution in [0.25, 0.3) is 0 Å². The lowest BCUT2D eigenvalue weighted by Gasteiger charge is -1.67. The summed E-state index contributed by atoms with van der Waals surface area (Å²) in [6.07, 6.45) is 3.38. The maximum Gasteiger partial charge on any atom is 0.193 e. The van der Waals surface area contributed by atoms with E-state index in [0.29, 0.717) is 6.29 Å². The normalized spacial score (nSPS) is 8.12. The third-order valence-electron chi connectivity index (χ3n) is 0.449. The number of aldehydes is 1. The first-order valence-corrected chi connectivity index (χ1v) is 2.12. The minimum Gasteiger partial charge on any atom is -0.392 e. The number of carbonyl (C=O) groups is 1. The van der Waals surface area contributed by atoms with Crippen molar-refractivity contribution in [1.82, 2.24) is 0 Å². The van der Waals surface area contributed by atoms with Crippen molar-refractivity contribution in [3.05, 3.63) is 12.2 Å². The van der Waals surface area contributed by atoms with Crippen LogP contribution in [0.4, 0.5) is 0 Å². The second-order valence-corrected chi connectivity index (χ2v) is 0.991. The Morgan fingerprint density at radius 2 is 2.25 bits per heavy atom. The quantitative estimate of drug-likeness (QED) is 0.373. The van der Waals surface area contributed by atoms with Gasteiger partial charge in [0.25, 0.3) is 0 Å². The molecule has 0 aromatic carbocycles. The van der Waals surface area contributed by atoms with Gasteiger partial charge in [0.05, 0.1) is 6.61 Å². The molecule has 2 nitrogen and oxygen atoms in total. The molecular weight excluding hydrogens is 104 g/mol. The molecule has 0 bridgehead atoms. The molecular formula is C6H6O2. The van der Waals surface area contributed by atoms with E-state index in [0.717, 1.165) is 0 Å². The molecule has 0 atom stereocenters. The number of hydrogen-bond donors (Lipinski definition) is 1. The van der Waals surface area contributed by atoms with Crippen LogP contribution in [0, 0.1) is 11.8 Å². The molecule has 8 heavy (non-hydrogen) atoms. The molecule has 0 saturated carbocycles. The van der Waals surface area contributed by atoms with Gasteiger partial charge in [-0.3, -0.25) is 4.79 Å². The molecule has 0 aromatic rings. The molecule has 0 unspecified atom stereocenters. The topological polar surface area (TPSA) is 37.3 Å². The molecule has 0 spiro atoms. The molecule has 0 heterocycles. The van der Waals surface area contributed by atoms with Crippen LogP contribution in [0.3, 0.4) is 0 Å². The number of rotatable bonds is 1. The SMILES string of the molecule is O=CC#CC=CCO. The van der Waals surface area contributed by atoms with Crippen molar-refractivity contribution in [1.29, 1.82) is 0 Å². The minimum absolute atomic E-state index is 0.0342. The summed E-state index contributed by atoms with van der Waals surface area (Å²) in [6.45, 7) is -0.0342. The summed E-state index contributed by atoms with van der Waals surface area (Å²) < 4.78 is 0. The third-order valence-corrected chi connectivity index (χ3v) is 0.449. The van der Waals surface area contributed by atoms with Gasteiger partial charge < -0.3 is 5.11 Å². The summed E-state index contributed by atoms with van der Waals surface area (Å²) in [6, 6.07) is 0. The van der Waals surface area contributed by atoms with Gasteiger partial charge >= 0.3 is 0 Å². The van der Waals surface area contributed by atoms with Crippen molar-refractivity contribution in [3.63, 3.8) is 0 Å². The van der Waals surface area contributed by atoms with Crippen LogP contribution < -0.4 is 0 Å². The van der Waals surface area contributed by atoms with Crippen molar-refractivity contribution in [2.24, 2.45) is 0 Å². The molecule has 0 radical (unpaired) electrons. The van der Waals surface area contributed by atoms with Crippen LogP contribution in [-0.4, -0.2) is 18.0 Å². The Morgan fingerprint density at radius 1 is 1.50 bits per heavy atom. The Balaban J connectivity index is 3.40. The van der Waals surface area contributed by atoms with Gasteiger partial charge in [-0.25, -0.2) is 0 Å². The highest BCUT2D eigenvalue weighted by atomic mass is 16.2. The largest absolute Gasteiger partial charge is 0.392 e. The van der Waals surface area contributed by atoms with Crippen LogP contribution in [0.5, 0.6) is 0 Å². The number of allylic oxidation sites excluding steroid dienone is 1. The summed E-state index contributed by atoms with van der Waals surface area (Å²) in [5, 5.41) is 8.12. The minimum atomic E-state index is -0.0342. The molecule has 0 amide bonds. The van der Waals surface area contributed by atoms with E-state index in [4.69, 9.17) is 5.11 Å². The van der Waals surface area contributed by atoms with Crippen LogP contribution in [0.15, 0.2) is 12.2 Å². The fourth-order valence-corrected chi connectivity index (χ4v) is 0.194.